The van der Waals surface area contributed by atoms with Crippen molar-refractivity contribution in [3.63, 3.8) is 0 Å². The number of hydrogen-bond donors (Lipinski definition) is 1. The molecule has 3 nitrogen and oxygen atoms in total. The molecule has 0 saturated carbocycles. The highest BCUT2D eigenvalue weighted by atomic mass is 32.1. The van der Waals surface area contributed by atoms with Crippen molar-refractivity contribution in [3.05, 3.63) is 82.9 Å². The van der Waals surface area contributed by atoms with Crippen molar-refractivity contribution < 1.29 is 0 Å². The Hall–Kier alpha value is -2.56. The monoisotopic (exact) mass is 357 g/mol. The molecule has 0 fully saturated rings. The summed E-state index contributed by atoms with van der Waals surface area (Å²) in [5.74, 6) is 0.429. The highest BCUT2D eigenvalue weighted by Gasteiger charge is 2.22. The summed E-state index contributed by atoms with van der Waals surface area (Å²) in [5.41, 5.74) is 6.31. The van der Waals surface area contributed by atoms with E-state index in [-0.39, 0.29) is 0 Å². The molecule has 26 heavy (non-hydrogen) atoms. The van der Waals surface area contributed by atoms with Gasteiger partial charge in [0.15, 0.2) is 0 Å². The van der Waals surface area contributed by atoms with Crippen molar-refractivity contribution in [3.8, 4) is 11.3 Å². The smallest absolute Gasteiger partial charge is 0.0929 e. The van der Waals surface area contributed by atoms with E-state index >= 15 is 0 Å². The van der Waals surface area contributed by atoms with Crippen LogP contribution < -0.4 is 5.32 Å². The molecule has 0 aliphatic carbocycles. The Morgan fingerprint density at radius 1 is 1.00 bits per heavy atom. The quantitative estimate of drug-likeness (QED) is 0.549. The Kier molecular flexibility index (Phi) is 4.00. The van der Waals surface area contributed by atoms with Gasteiger partial charge < -0.3 is 5.32 Å². The highest BCUT2D eigenvalue weighted by Crippen LogP contribution is 2.38. The summed E-state index contributed by atoms with van der Waals surface area (Å²) < 4.78 is 1.42. The average Bonchev–Trinajstić information content (AvgIpc) is 3.08. The normalized spacial score (nSPS) is 17.0. The molecule has 0 saturated heterocycles. The predicted octanol–water partition coefficient (Wildman–Crippen LogP) is 4.98. The summed E-state index contributed by atoms with van der Waals surface area (Å²) in [6.07, 6.45) is 2.83. The first kappa shape index (κ1) is 15.7. The van der Waals surface area contributed by atoms with Crippen LogP contribution in [0.2, 0.25) is 0 Å². The molecular formula is C22H19N3S. The number of fused-ring (bicyclic) bond motifs is 2. The van der Waals surface area contributed by atoms with Gasteiger partial charge in [-0.15, -0.1) is 11.3 Å². The topological polar surface area (TPSA) is 37.8 Å². The van der Waals surface area contributed by atoms with Gasteiger partial charge in [-0.1, -0.05) is 30.3 Å². The zero-order valence-corrected chi connectivity index (χ0v) is 15.2. The van der Waals surface area contributed by atoms with Gasteiger partial charge >= 0.3 is 0 Å². The van der Waals surface area contributed by atoms with E-state index in [4.69, 9.17) is 0 Å². The van der Waals surface area contributed by atoms with Crippen LogP contribution in [0.4, 0.5) is 0 Å². The third kappa shape index (κ3) is 2.71. The second-order valence-corrected chi connectivity index (χ2v) is 7.64. The van der Waals surface area contributed by atoms with Crippen molar-refractivity contribution in [2.75, 3.05) is 6.54 Å². The standard InChI is InChI=1S/C22H19N3S/c1-3-15-9-12-26-22(15)20(4-1)19-8-11-23-14-17-13-16(6-7-18(17)19)21-5-2-10-24-25-21/h1-7,9-10,12-13,19,23H,8,11,14H2. The maximum absolute atomic E-state index is 4.26. The SMILES string of the molecule is c1cnnc(-c2ccc3c(c2)CNCCC3c2cccc3ccsc23)c1. The van der Waals surface area contributed by atoms with Gasteiger partial charge in [-0.2, -0.15) is 10.2 Å². The van der Waals surface area contributed by atoms with Crippen LogP contribution in [-0.2, 0) is 6.54 Å². The second-order valence-electron chi connectivity index (χ2n) is 6.73. The van der Waals surface area contributed by atoms with Crippen LogP contribution in [-0.4, -0.2) is 16.7 Å². The molecule has 1 N–H and O–H groups in total. The lowest BCUT2D eigenvalue weighted by Crippen LogP contribution is -2.12. The van der Waals surface area contributed by atoms with E-state index < -0.39 is 0 Å². The molecule has 1 unspecified atom stereocenters. The van der Waals surface area contributed by atoms with Gasteiger partial charge in [0.2, 0.25) is 0 Å². The summed E-state index contributed by atoms with van der Waals surface area (Å²) in [4.78, 5) is 0. The highest BCUT2D eigenvalue weighted by molar-refractivity contribution is 7.17. The summed E-state index contributed by atoms with van der Waals surface area (Å²) in [6.45, 7) is 1.93. The largest absolute Gasteiger partial charge is 0.313 e. The second kappa shape index (κ2) is 6.63. The first-order chi connectivity index (χ1) is 12.9. The Morgan fingerprint density at radius 3 is 2.92 bits per heavy atom. The van der Waals surface area contributed by atoms with Gasteiger partial charge in [0, 0.05) is 28.9 Å². The number of nitrogens with zero attached hydrogens (tertiary/aromatic N) is 2. The number of hydrogen-bond acceptors (Lipinski definition) is 4. The Labute approximate surface area is 156 Å². The van der Waals surface area contributed by atoms with Crippen LogP contribution in [0.15, 0.2) is 66.2 Å². The van der Waals surface area contributed by atoms with E-state index in [9.17, 15) is 0 Å². The van der Waals surface area contributed by atoms with E-state index in [2.05, 4.69) is 63.4 Å². The van der Waals surface area contributed by atoms with Gasteiger partial charge in [0.1, 0.15) is 0 Å². The number of rotatable bonds is 2. The zero-order valence-electron chi connectivity index (χ0n) is 14.4. The third-order valence-electron chi connectivity index (χ3n) is 5.20. The molecule has 0 amide bonds. The molecule has 128 valence electrons. The van der Waals surface area contributed by atoms with Gasteiger partial charge in [-0.25, -0.2) is 0 Å². The Balaban J connectivity index is 1.63. The van der Waals surface area contributed by atoms with E-state index in [1.807, 2.05) is 23.5 Å². The molecule has 2 aromatic carbocycles. The van der Waals surface area contributed by atoms with Crippen LogP contribution in [0.1, 0.15) is 29.0 Å². The molecule has 2 aromatic heterocycles. The van der Waals surface area contributed by atoms with Gasteiger partial charge in [-0.05, 0) is 64.7 Å². The minimum Gasteiger partial charge on any atom is -0.313 e. The van der Waals surface area contributed by atoms with Crippen molar-refractivity contribution in [1.29, 1.82) is 0 Å². The van der Waals surface area contributed by atoms with Gasteiger partial charge in [0.05, 0.1) is 5.69 Å². The minimum absolute atomic E-state index is 0.429. The molecule has 1 atom stereocenters. The molecule has 4 heteroatoms. The number of benzene rings is 2. The molecule has 5 rings (SSSR count). The fourth-order valence-electron chi connectivity index (χ4n) is 3.95. The first-order valence-corrected chi connectivity index (χ1v) is 9.86. The molecule has 4 aromatic rings. The van der Waals surface area contributed by atoms with E-state index in [0.29, 0.717) is 5.92 Å². The van der Waals surface area contributed by atoms with Crippen LogP contribution in [0.25, 0.3) is 21.3 Å². The molecular weight excluding hydrogens is 338 g/mol. The maximum Gasteiger partial charge on any atom is 0.0929 e. The molecule has 0 bridgehead atoms. The van der Waals surface area contributed by atoms with Crippen LogP contribution in [0.3, 0.4) is 0 Å². The van der Waals surface area contributed by atoms with Crippen molar-refractivity contribution in [1.82, 2.24) is 15.5 Å². The average molecular weight is 357 g/mol. The lowest BCUT2D eigenvalue weighted by atomic mass is 9.85. The zero-order chi connectivity index (χ0) is 17.3. The van der Waals surface area contributed by atoms with Gasteiger partial charge in [0.25, 0.3) is 0 Å². The fourth-order valence-corrected chi connectivity index (χ4v) is 4.92. The molecule has 0 radical (unpaired) electrons. The van der Waals surface area contributed by atoms with Crippen molar-refractivity contribution >= 4 is 21.4 Å². The van der Waals surface area contributed by atoms with Crippen molar-refractivity contribution in [2.24, 2.45) is 0 Å². The maximum atomic E-state index is 4.26. The van der Waals surface area contributed by atoms with Gasteiger partial charge in [-0.3, -0.25) is 0 Å². The Bertz CT molecular complexity index is 1060. The first-order valence-electron chi connectivity index (χ1n) is 8.98. The summed E-state index contributed by atoms with van der Waals surface area (Å²) in [5, 5.41) is 15.4. The summed E-state index contributed by atoms with van der Waals surface area (Å²) in [7, 11) is 0. The molecule has 1 aliphatic heterocycles. The predicted molar refractivity (Wildman–Crippen MR) is 107 cm³/mol. The minimum atomic E-state index is 0.429. The molecule has 1 aliphatic rings. The van der Waals surface area contributed by atoms with Crippen LogP contribution in [0, 0.1) is 0 Å². The van der Waals surface area contributed by atoms with E-state index in [1.165, 1.54) is 26.8 Å². The Morgan fingerprint density at radius 2 is 2.00 bits per heavy atom. The number of nitrogens with one attached hydrogen (secondary N) is 1. The molecule has 3 heterocycles. The van der Waals surface area contributed by atoms with Crippen LogP contribution in [0.5, 0.6) is 0 Å². The summed E-state index contributed by atoms with van der Waals surface area (Å²) in [6, 6.07) is 19.6. The number of thiophene rings is 1. The third-order valence-corrected chi connectivity index (χ3v) is 6.18. The van der Waals surface area contributed by atoms with E-state index in [1.54, 1.807) is 6.20 Å². The summed E-state index contributed by atoms with van der Waals surface area (Å²) >= 11 is 1.85. The van der Waals surface area contributed by atoms with Crippen molar-refractivity contribution in [2.45, 2.75) is 18.9 Å². The van der Waals surface area contributed by atoms with E-state index in [0.717, 1.165) is 30.8 Å². The fraction of sp³-hybridized carbons (Fsp3) is 0.182. The lowest BCUT2D eigenvalue weighted by molar-refractivity contribution is 0.649. The lowest BCUT2D eigenvalue weighted by Gasteiger charge is -2.19. The van der Waals surface area contributed by atoms with Crippen LogP contribution >= 0.6 is 11.3 Å². The number of aromatic nitrogens is 2. The molecule has 0 spiro atoms.